The van der Waals surface area contributed by atoms with E-state index in [1.165, 1.54) is 111 Å². The van der Waals surface area contributed by atoms with E-state index in [0.29, 0.717) is 24.2 Å². The van der Waals surface area contributed by atoms with Gasteiger partial charge in [-0.05, 0) is 85.6 Å². The van der Waals surface area contributed by atoms with Crippen LogP contribution in [0.2, 0.25) is 0 Å². The Labute approximate surface area is 388 Å². The minimum absolute atomic E-state index is 0. The molecule has 2 aliphatic heterocycles. The number of aryl methyl sites for hydroxylation is 2. The molecule has 2 amide bonds. The van der Waals surface area contributed by atoms with Gasteiger partial charge in [-0.2, -0.15) is 22.3 Å². The van der Waals surface area contributed by atoms with Gasteiger partial charge in [-0.15, -0.1) is 0 Å². The molecule has 6 aromatic rings. The van der Waals surface area contributed by atoms with Gasteiger partial charge in [-0.3, -0.25) is 19.4 Å². The number of aliphatic imine (C=N–C) groups is 2. The zero-order valence-electron chi connectivity index (χ0n) is 36.8. The lowest BCUT2D eigenvalue weighted by molar-refractivity contribution is -0.130. The Morgan fingerprint density at radius 1 is 0.597 bits per heavy atom. The lowest BCUT2D eigenvalue weighted by atomic mass is 9.82. The van der Waals surface area contributed by atoms with Crippen LogP contribution in [-0.4, -0.2) is 92.9 Å². The van der Waals surface area contributed by atoms with Crippen LogP contribution < -0.4 is 11.5 Å². The second kappa shape index (κ2) is 19.0. The number of nitrogens with zero attached hydrogens (tertiary/aromatic N) is 8. The van der Waals surface area contributed by atoms with Crippen LogP contribution in [0.5, 0.6) is 0 Å². The normalized spacial score (nSPS) is 17.6. The number of benzene rings is 2. The molecule has 0 spiro atoms. The molecule has 2 atom stereocenters. The number of hydrogen-bond acceptors (Lipinski definition) is 12. The van der Waals surface area contributed by atoms with E-state index in [-0.39, 0.29) is 70.2 Å². The molecule has 0 radical (unpaired) electrons. The molecule has 16 nitrogen and oxygen atoms in total. The highest BCUT2D eigenvalue weighted by Crippen LogP contribution is 2.44. The van der Waals surface area contributed by atoms with Crippen molar-refractivity contribution < 1.29 is 46.2 Å². The topological polar surface area (TPSA) is 206 Å². The van der Waals surface area contributed by atoms with Crippen molar-refractivity contribution in [3.8, 4) is 22.3 Å². The van der Waals surface area contributed by atoms with Gasteiger partial charge < -0.3 is 30.1 Å². The first-order valence-electron chi connectivity index (χ1n) is 20.2. The Balaban J connectivity index is 0.000000218. The summed E-state index contributed by atoms with van der Waals surface area (Å²) in [6.07, 6.45) is 5.72. The smallest absolute Gasteiger partial charge is 0.354 e. The minimum Gasteiger partial charge on any atom is -0.464 e. The third-order valence-electron chi connectivity index (χ3n) is 11.4. The highest BCUT2D eigenvalue weighted by molar-refractivity contribution is 7.59. The Kier molecular flexibility index (Phi) is 13.8. The van der Waals surface area contributed by atoms with Gasteiger partial charge in [0.05, 0.1) is 14.2 Å². The fourth-order valence-corrected chi connectivity index (χ4v) is 7.95. The van der Waals surface area contributed by atoms with Crippen molar-refractivity contribution >= 4 is 49.2 Å². The van der Waals surface area contributed by atoms with E-state index in [4.69, 9.17) is 20.9 Å². The number of nitrogens with two attached hydrogens (primary N) is 2. The average molecular weight is 941 g/mol. The van der Waals surface area contributed by atoms with Crippen LogP contribution in [0.25, 0.3) is 22.3 Å². The molecule has 0 aliphatic carbocycles. The van der Waals surface area contributed by atoms with Gasteiger partial charge in [-0.1, -0.05) is 12.1 Å². The van der Waals surface area contributed by atoms with Crippen LogP contribution in [-0.2, 0) is 43.2 Å². The number of methoxy groups -OCH3 is 2. The number of halogens is 4. The Morgan fingerprint density at radius 3 is 1.27 bits per heavy atom. The Bertz CT molecular complexity index is 2810. The zero-order valence-corrected chi connectivity index (χ0v) is 37.8. The first kappa shape index (κ1) is 48.6. The summed E-state index contributed by atoms with van der Waals surface area (Å²) in [6, 6.07) is 16.5. The maximum absolute atomic E-state index is 14.8. The number of pyridine rings is 2. The number of carbonyl (C=O) groups is 4. The first-order chi connectivity index (χ1) is 31.5. The number of ether oxygens (including phenoxy) is 2. The number of aromatic nitrogens is 4. The molecule has 348 valence electrons. The highest BCUT2D eigenvalue weighted by atomic mass is 32.1. The molecule has 67 heavy (non-hydrogen) atoms. The number of esters is 2. The van der Waals surface area contributed by atoms with Crippen LogP contribution in [0.1, 0.15) is 57.1 Å². The number of guanidine groups is 2. The molecule has 6 heterocycles. The van der Waals surface area contributed by atoms with Crippen molar-refractivity contribution in [3.63, 3.8) is 0 Å². The minimum atomic E-state index is -1.71. The van der Waals surface area contributed by atoms with Crippen molar-refractivity contribution in [1.82, 2.24) is 28.9 Å². The summed E-state index contributed by atoms with van der Waals surface area (Å²) >= 11 is 0. The summed E-state index contributed by atoms with van der Waals surface area (Å²) in [7, 11) is 5.44. The summed E-state index contributed by atoms with van der Waals surface area (Å²) in [5.41, 5.74) is 9.90. The highest BCUT2D eigenvalue weighted by Gasteiger charge is 2.52. The van der Waals surface area contributed by atoms with Crippen molar-refractivity contribution in [3.05, 3.63) is 155 Å². The quantitative estimate of drug-likeness (QED) is 0.101. The SMILES string of the molecule is CCn1cc(C2(c3ccc(F)c(-c4cccnc4F)c3)N=C(N)N(C)C2=O)cc1C(=O)OC.CCn1cc([C@]2(c3ccc(F)c(-c4cccnc4F)c3)N=C(N)N(C)C2=O)cc1C(=O)OC.S. The van der Waals surface area contributed by atoms with E-state index >= 15 is 0 Å². The maximum Gasteiger partial charge on any atom is 0.354 e. The van der Waals surface area contributed by atoms with Crippen LogP contribution >= 0.6 is 13.5 Å². The molecule has 4 aromatic heterocycles. The van der Waals surface area contributed by atoms with Gasteiger partial charge >= 0.3 is 11.9 Å². The lowest BCUT2D eigenvalue weighted by Crippen LogP contribution is -2.41. The molecule has 0 fully saturated rings. The fourth-order valence-electron chi connectivity index (χ4n) is 7.95. The van der Waals surface area contributed by atoms with Gasteiger partial charge in [0.2, 0.25) is 11.9 Å². The average Bonchev–Trinajstić information content (AvgIpc) is 4.07. The van der Waals surface area contributed by atoms with Gasteiger partial charge in [-0.25, -0.2) is 38.3 Å². The van der Waals surface area contributed by atoms with Crippen LogP contribution in [0.3, 0.4) is 0 Å². The molecule has 2 aliphatic rings. The predicted octanol–water partition coefficient (Wildman–Crippen LogP) is 5.44. The molecular weight excluding hydrogens is 897 g/mol. The standard InChI is InChI=1S/2C23H21F2N5O3.H2S/c2*1-4-30-12-14(11-18(30)20(31)33-3)23(21(32)29(2)22(26)28-23)13-7-8-17(24)16(10-13)15-6-5-9-27-19(15)25;/h2*5-12H,4H2,1-3H3,(H2,26,28);1H2/t23-;;/m0../s1. The second-order valence-electron chi connectivity index (χ2n) is 14.9. The van der Waals surface area contributed by atoms with E-state index in [2.05, 4.69) is 20.0 Å². The summed E-state index contributed by atoms with van der Waals surface area (Å²) in [5.74, 6) is -5.41. The number of hydrogen-bond donors (Lipinski definition) is 2. The lowest BCUT2D eigenvalue weighted by Gasteiger charge is -2.25. The van der Waals surface area contributed by atoms with Crippen LogP contribution in [0.4, 0.5) is 17.6 Å². The molecule has 0 saturated carbocycles. The summed E-state index contributed by atoms with van der Waals surface area (Å²) in [5, 5.41) is 0. The predicted molar refractivity (Wildman–Crippen MR) is 243 cm³/mol. The number of amides is 2. The van der Waals surface area contributed by atoms with Gasteiger partial charge in [0, 0.05) is 85.4 Å². The van der Waals surface area contributed by atoms with E-state index < -0.39 is 58.4 Å². The molecule has 4 N–H and O–H groups in total. The van der Waals surface area contributed by atoms with Crippen LogP contribution in [0, 0.1) is 23.5 Å². The van der Waals surface area contributed by atoms with Gasteiger partial charge in [0.15, 0.2) is 23.0 Å². The van der Waals surface area contributed by atoms with Gasteiger partial charge in [0.1, 0.15) is 23.0 Å². The summed E-state index contributed by atoms with van der Waals surface area (Å²) < 4.78 is 71.2. The van der Waals surface area contributed by atoms with E-state index in [1.54, 1.807) is 21.5 Å². The number of carbonyl (C=O) groups excluding carboxylic acids is 4. The maximum atomic E-state index is 14.8. The monoisotopic (exact) mass is 940 g/mol. The van der Waals surface area contributed by atoms with E-state index in [9.17, 15) is 36.7 Å². The van der Waals surface area contributed by atoms with Crippen molar-refractivity contribution in [1.29, 1.82) is 0 Å². The number of rotatable bonds is 10. The molecule has 2 aromatic carbocycles. The summed E-state index contributed by atoms with van der Waals surface area (Å²) in [4.78, 5) is 70.0. The van der Waals surface area contributed by atoms with Crippen molar-refractivity contribution in [2.45, 2.75) is 38.0 Å². The van der Waals surface area contributed by atoms with Crippen LogP contribution in [0.15, 0.2) is 108 Å². The number of likely N-dealkylation sites (N-methyl/N-ethyl adjacent to an activating group) is 2. The largest absolute Gasteiger partial charge is 0.464 e. The molecule has 0 saturated heterocycles. The molecule has 0 bridgehead atoms. The Morgan fingerprint density at radius 2 is 0.970 bits per heavy atom. The Hall–Kier alpha value is -7.81. The molecular formula is C46H44F4N10O6S. The zero-order chi connectivity index (χ0) is 47.8. The van der Waals surface area contributed by atoms with Crippen molar-refractivity contribution in [2.24, 2.45) is 21.5 Å². The molecule has 21 heteroatoms. The molecule has 1 unspecified atom stereocenters. The fraction of sp³-hybridized carbons (Fsp3) is 0.217. The molecule has 8 rings (SSSR count). The van der Waals surface area contributed by atoms with Crippen molar-refractivity contribution in [2.75, 3.05) is 28.3 Å². The third kappa shape index (κ3) is 8.14. The second-order valence-corrected chi connectivity index (χ2v) is 14.9. The summed E-state index contributed by atoms with van der Waals surface area (Å²) in [6.45, 7) is 4.48. The first-order valence-corrected chi connectivity index (χ1v) is 20.2. The van der Waals surface area contributed by atoms with E-state index in [1.807, 2.05) is 13.8 Å². The third-order valence-corrected chi connectivity index (χ3v) is 11.4. The van der Waals surface area contributed by atoms with Gasteiger partial charge in [0.25, 0.3) is 11.8 Å². The van der Waals surface area contributed by atoms with E-state index in [0.717, 1.165) is 12.1 Å².